The lowest BCUT2D eigenvalue weighted by molar-refractivity contribution is 0.216. The molecule has 0 bridgehead atoms. The van der Waals surface area contributed by atoms with E-state index in [2.05, 4.69) is 4.90 Å². The van der Waals surface area contributed by atoms with Gasteiger partial charge in [-0.3, -0.25) is 4.90 Å². The van der Waals surface area contributed by atoms with Crippen molar-refractivity contribution in [3.05, 3.63) is 29.8 Å². The van der Waals surface area contributed by atoms with Gasteiger partial charge in [-0.15, -0.1) is 0 Å². The van der Waals surface area contributed by atoms with Gasteiger partial charge >= 0.3 is 0 Å². The third-order valence-electron chi connectivity index (χ3n) is 5.39. The van der Waals surface area contributed by atoms with Crippen LogP contribution in [0.1, 0.15) is 32.1 Å². The maximum atomic E-state index is 13.9. The minimum absolute atomic E-state index is 0.394. The smallest absolute Gasteiger partial charge is 0.182 e. The summed E-state index contributed by atoms with van der Waals surface area (Å²) in [6.07, 6.45) is 6.08. The fraction of sp³-hybridized carbons (Fsp3) is 0.667. The van der Waals surface area contributed by atoms with Crippen molar-refractivity contribution in [2.45, 2.75) is 38.1 Å². The summed E-state index contributed by atoms with van der Waals surface area (Å²) in [6, 6.07) is 4.83. The topological polar surface area (TPSA) is 32.5 Å². The monoisotopic (exact) mass is 323 g/mol. The molecule has 1 aromatic carbocycles. The van der Waals surface area contributed by atoms with Gasteiger partial charge in [-0.1, -0.05) is 6.07 Å². The highest BCUT2D eigenvalue weighted by Crippen LogP contribution is 2.27. The molecule has 0 atom stereocenters. The van der Waals surface area contributed by atoms with Crippen LogP contribution in [0.3, 0.4) is 0 Å². The van der Waals surface area contributed by atoms with Gasteiger partial charge < -0.3 is 10.6 Å². The standard InChI is InChI=1S/C18H27F2N3/c19-16-2-1-3-17(18(16)20)23-12-10-22(11-13-23)9-8-14-4-6-15(21)7-5-14/h1-3,14-15H,4-13,21H2. The van der Waals surface area contributed by atoms with Gasteiger partial charge in [-0.25, -0.2) is 8.78 Å². The van der Waals surface area contributed by atoms with Gasteiger partial charge in [0.2, 0.25) is 0 Å². The lowest BCUT2D eigenvalue weighted by Crippen LogP contribution is -2.47. The molecular weight excluding hydrogens is 296 g/mol. The summed E-state index contributed by atoms with van der Waals surface area (Å²) in [7, 11) is 0. The van der Waals surface area contributed by atoms with E-state index in [9.17, 15) is 8.78 Å². The first-order chi connectivity index (χ1) is 11.1. The predicted octanol–water partition coefficient (Wildman–Crippen LogP) is 2.99. The normalized spacial score (nSPS) is 26.5. The van der Waals surface area contributed by atoms with Gasteiger partial charge in [0.05, 0.1) is 5.69 Å². The molecule has 2 N–H and O–H groups in total. The van der Waals surface area contributed by atoms with Crippen LogP contribution in [0.2, 0.25) is 0 Å². The highest BCUT2D eigenvalue weighted by molar-refractivity contribution is 5.48. The molecule has 0 unspecified atom stereocenters. The Hall–Kier alpha value is -1.20. The third-order valence-corrected chi connectivity index (χ3v) is 5.39. The second-order valence-corrected chi connectivity index (χ2v) is 6.97. The first kappa shape index (κ1) is 16.7. The van der Waals surface area contributed by atoms with Crippen molar-refractivity contribution in [3.63, 3.8) is 0 Å². The summed E-state index contributed by atoms with van der Waals surface area (Å²) in [4.78, 5) is 4.40. The molecule has 0 amide bonds. The first-order valence-electron chi connectivity index (χ1n) is 8.80. The van der Waals surface area contributed by atoms with E-state index in [1.165, 1.54) is 25.3 Å². The maximum Gasteiger partial charge on any atom is 0.182 e. The van der Waals surface area contributed by atoms with Crippen molar-refractivity contribution in [1.29, 1.82) is 0 Å². The zero-order chi connectivity index (χ0) is 16.2. The molecule has 1 saturated carbocycles. The quantitative estimate of drug-likeness (QED) is 0.924. The van der Waals surface area contributed by atoms with Crippen molar-refractivity contribution in [3.8, 4) is 0 Å². The Morgan fingerprint density at radius 3 is 2.39 bits per heavy atom. The van der Waals surface area contributed by atoms with Crippen molar-refractivity contribution in [2.24, 2.45) is 11.7 Å². The summed E-state index contributed by atoms with van der Waals surface area (Å²) in [5, 5.41) is 0. The Morgan fingerprint density at radius 1 is 1.00 bits per heavy atom. The molecule has 2 aliphatic rings. The number of halogens is 2. The number of hydrogen-bond donors (Lipinski definition) is 1. The molecule has 2 fully saturated rings. The highest BCUT2D eigenvalue weighted by atomic mass is 19.2. The molecule has 1 aromatic rings. The van der Waals surface area contributed by atoms with Crippen molar-refractivity contribution in [1.82, 2.24) is 4.90 Å². The SMILES string of the molecule is NC1CCC(CCN2CCN(c3cccc(F)c3F)CC2)CC1. The van der Waals surface area contributed by atoms with E-state index in [-0.39, 0.29) is 0 Å². The Kier molecular flexibility index (Phi) is 5.49. The second kappa shape index (κ2) is 7.58. The summed E-state index contributed by atoms with van der Waals surface area (Å²) in [5.74, 6) is -0.673. The Balaban J connectivity index is 1.44. The zero-order valence-electron chi connectivity index (χ0n) is 13.7. The maximum absolute atomic E-state index is 13.9. The summed E-state index contributed by atoms with van der Waals surface area (Å²) in [5.41, 5.74) is 6.35. The Labute approximate surface area is 137 Å². The molecule has 23 heavy (non-hydrogen) atoms. The van der Waals surface area contributed by atoms with E-state index < -0.39 is 11.6 Å². The molecule has 0 aromatic heterocycles. The van der Waals surface area contributed by atoms with Crippen LogP contribution in [0.4, 0.5) is 14.5 Å². The minimum atomic E-state index is -0.763. The fourth-order valence-corrected chi connectivity index (χ4v) is 3.79. The molecule has 0 spiro atoms. The van der Waals surface area contributed by atoms with Crippen molar-refractivity contribution in [2.75, 3.05) is 37.6 Å². The summed E-state index contributed by atoms with van der Waals surface area (Å²) in [6.45, 7) is 4.47. The van der Waals surface area contributed by atoms with Gasteiger partial charge in [0, 0.05) is 32.2 Å². The van der Waals surface area contributed by atoms with Gasteiger partial charge in [-0.2, -0.15) is 0 Å². The van der Waals surface area contributed by atoms with Crippen LogP contribution >= 0.6 is 0 Å². The molecule has 1 aliphatic heterocycles. The number of benzene rings is 1. The Morgan fingerprint density at radius 2 is 1.70 bits per heavy atom. The van der Waals surface area contributed by atoms with Crippen LogP contribution in [-0.4, -0.2) is 43.7 Å². The lowest BCUT2D eigenvalue weighted by atomic mass is 9.84. The highest BCUT2D eigenvalue weighted by Gasteiger charge is 2.23. The molecule has 128 valence electrons. The molecule has 5 heteroatoms. The van der Waals surface area contributed by atoms with E-state index in [4.69, 9.17) is 5.73 Å². The number of nitrogens with zero attached hydrogens (tertiary/aromatic N) is 2. The van der Waals surface area contributed by atoms with E-state index in [1.54, 1.807) is 12.1 Å². The molecule has 3 nitrogen and oxygen atoms in total. The fourth-order valence-electron chi connectivity index (χ4n) is 3.79. The Bertz CT molecular complexity index is 507. The van der Waals surface area contributed by atoms with Gasteiger partial charge in [0.15, 0.2) is 11.6 Å². The molecule has 3 rings (SSSR count). The van der Waals surface area contributed by atoms with E-state index >= 15 is 0 Å². The second-order valence-electron chi connectivity index (χ2n) is 6.97. The average molecular weight is 323 g/mol. The number of anilines is 1. The van der Waals surface area contributed by atoms with Gasteiger partial charge in [0.25, 0.3) is 0 Å². The van der Waals surface area contributed by atoms with Crippen molar-refractivity contribution >= 4 is 5.69 Å². The number of nitrogens with two attached hydrogens (primary N) is 1. The van der Waals surface area contributed by atoms with E-state index in [0.29, 0.717) is 11.7 Å². The number of hydrogen-bond acceptors (Lipinski definition) is 3. The molecular formula is C18H27F2N3. The predicted molar refractivity (Wildman–Crippen MR) is 89.6 cm³/mol. The van der Waals surface area contributed by atoms with Gasteiger partial charge in [0.1, 0.15) is 0 Å². The van der Waals surface area contributed by atoms with Crippen LogP contribution in [0.5, 0.6) is 0 Å². The largest absolute Gasteiger partial charge is 0.367 e. The van der Waals surface area contributed by atoms with Crippen LogP contribution in [0.25, 0.3) is 0 Å². The molecule has 0 radical (unpaired) electrons. The van der Waals surface area contributed by atoms with Crippen LogP contribution in [0.15, 0.2) is 18.2 Å². The zero-order valence-corrected chi connectivity index (χ0v) is 13.7. The van der Waals surface area contributed by atoms with Gasteiger partial charge in [-0.05, 0) is 56.7 Å². The van der Waals surface area contributed by atoms with E-state index in [0.717, 1.165) is 51.5 Å². The van der Waals surface area contributed by atoms with E-state index in [1.807, 2.05) is 4.90 Å². The summed E-state index contributed by atoms with van der Waals surface area (Å²) < 4.78 is 27.2. The number of rotatable bonds is 4. The first-order valence-corrected chi connectivity index (χ1v) is 8.80. The molecule has 1 heterocycles. The molecule has 1 saturated heterocycles. The summed E-state index contributed by atoms with van der Waals surface area (Å²) >= 11 is 0. The van der Waals surface area contributed by atoms with Crippen LogP contribution < -0.4 is 10.6 Å². The number of piperazine rings is 1. The lowest BCUT2D eigenvalue weighted by Gasteiger charge is -2.37. The molecule has 1 aliphatic carbocycles. The average Bonchev–Trinajstić information content (AvgIpc) is 2.57. The third kappa shape index (κ3) is 4.21. The van der Waals surface area contributed by atoms with Crippen LogP contribution in [0, 0.1) is 17.6 Å². The minimum Gasteiger partial charge on any atom is -0.367 e. The van der Waals surface area contributed by atoms with Crippen LogP contribution in [-0.2, 0) is 0 Å². The van der Waals surface area contributed by atoms with Crippen molar-refractivity contribution < 1.29 is 8.78 Å².